The third kappa shape index (κ3) is 5.41. The third-order valence-corrected chi connectivity index (χ3v) is 4.06. The highest BCUT2D eigenvalue weighted by molar-refractivity contribution is 5.52. The number of allylic oxidation sites excluding steroid dienone is 1. The predicted octanol–water partition coefficient (Wildman–Crippen LogP) is 5.55. The molecule has 0 aromatic heterocycles. The Morgan fingerprint density at radius 3 is 2.35 bits per heavy atom. The summed E-state index contributed by atoms with van der Waals surface area (Å²) in [6.45, 7) is 13.5. The van der Waals surface area contributed by atoms with Crippen LogP contribution in [0.4, 0.5) is 5.69 Å². The Morgan fingerprint density at radius 2 is 1.73 bits per heavy atom. The molecule has 2 rings (SSSR count). The van der Waals surface area contributed by atoms with Gasteiger partial charge in [-0.3, -0.25) is 0 Å². The number of aryl methyl sites for hydroxylation is 1. The molecule has 3 heteroatoms. The minimum atomic E-state index is 0.450. The van der Waals surface area contributed by atoms with E-state index in [1.807, 2.05) is 19.1 Å². The highest BCUT2D eigenvalue weighted by Gasteiger charge is 2.13. The van der Waals surface area contributed by atoms with Crippen LogP contribution in [0.3, 0.4) is 0 Å². The summed E-state index contributed by atoms with van der Waals surface area (Å²) in [6.07, 6.45) is 5.40. The highest BCUT2D eigenvalue weighted by atomic mass is 16.5. The number of hydrogen-bond acceptors (Lipinski definition) is 3. The van der Waals surface area contributed by atoms with Gasteiger partial charge < -0.3 is 14.8 Å². The lowest BCUT2D eigenvalue weighted by atomic mass is 10.1. The van der Waals surface area contributed by atoms with Crippen molar-refractivity contribution >= 4 is 5.69 Å². The van der Waals surface area contributed by atoms with Crippen LogP contribution in [-0.4, -0.2) is 13.2 Å². The van der Waals surface area contributed by atoms with Crippen molar-refractivity contribution in [2.75, 3.05) is 18.5 Å². The van der Waals surface area contributed by atoms with E-state index in [1.54, 1.807) is 6.08 Å². The zero-order chi connectivity index (χ0) is 18.8. The number of anilines is 1. The highest BCUT2D eigenvalue weighted by Crippen LogP contribution is 2.34. The first-order chi connectivity index (χ1) is 12.7. The molecule has 0 unspecified atom stereocenters. The molecule has 0 fully saturated rings. The molecule has 0 atom stereocenters. The largest absolute Gasteiger partial charge is 0.490 e. The Morgan fingerprint density at radius 1 is 0.962 bits per heavy atom. The van der Waals surface area contributed by atoms with Gasteiger partial charge in [0, 0.05) is 17.8 Å². The second-order valence-electron chi connectivity index (χ2n) is 6.01. The van der Waals surface area contributed by atoms with Gasteiger partial charge in [0.15, 0.2) is 11.5 Å². The molecule has 0 saturated heterocycles. The standard InChI is InChI=1S/C23H29NO2/c1-5-9-20-15-19(16-22(25-8-4)23(20)26-14-6-2)17-24-21-12-10-18(7-3)11-13-21/h5-6,10-13,15-16,24H,1-2,7-9,14,17H2,3-4H3. The van der Waals surface area contributed by atoms with E-state index >= 15 is 0 Å². The summed E-state index contributed by atoms with van der Waals surface area (Å²) in [6, 6.07) is 12.7. The van der Waals surface area contributed by atoms with Crippen molar-refractivity contribution in [3.05, 3.63) is 78.4 Å². The maximum absolute atomic E-state index is 5.85. The maximum Gasteiger partial charge on any atom is 0.165 e. The smallest absolute Gasteiger partial charge is 0.165 e. The summed E-state index contributed by atoms with van der Waals surface area (Å²) < 4.78 is 11.7. The lowest BCUT2D eigenvalue weighted by Gasteiger charge is -2.17. The molecule has 0 aliphatic heterocycles. The van der Waals surface area contributed by atoms with Crippen LogP contribution in [-0.2, 0) is 19.4 Å². The molecular weight excluding hydrogens is 322 g/mol. The molecule has 0 saturated carbocycles. The van der Waals surface area contributed by atoms with Crippen molar-refractivity contribution in [1.82, 2.24) is 0 Å². The van der Waals surface area contributed by atoms with E-state index in [9.17, 15) is 0 Å². The number of benzene rings is 2. The Bertz CT molecular complexity index is 720. The Kier molecular flexibility index (Phi) is 7.81. The molecule has 1 N–H and O–H groups in total. The fourth-order valence-electron chi connectivity index (χ4n) is 2.76. The van der Waals surface area contributed by atoms with Gasteiger partial charge in [0.05, 0.1) is 6.61 Å². The molecule has 26 heavy (non-hydrogen) atoms. The molecule has 0 spiro atoms. The molecule has 2 aromatic rings. The number of hydrogen-bond donors (Lipinski definition) is 1. The van der Waals surface area contributed by atoms with E-state index in [0.717, 1.165) is 47.7 Å². The summed E-state index contributed by atoms with van der Waals surface area (Å²) in [5.41, 5.74) is 4.67. The van der Waals surface area contributed by atoms with Crippen molar-refractivity contribution in [3.8, 4) is 11.5 Å². The molecule has 2 aromatic carbocycles. The van der Waals surface area contributed by atoms with Gasteiger partial charge >= 0.3 is 0 Å². The Balaban J connectivity index is 2.22. The molecule has 138 valence electrons. The second kappa shape index (κ2) is 10.3. The monoisotopic (exact) mass is 351 g/mol. The fourth-order valence-corrected chi connectivity index (χ4v) is 2.76. The minimum Gasteiger partial charge on any atom is -0.490 e. The normalized spacial score (nSPS) is 10.2. The molecule has 3 nitrogen and oxygen atoms in total. The van der Waals surface area contributed by atoms with Crippen LogP contribution < -0.4 is 14.8 Å². The van der Waals surface area contributed by atoms with E-state index < -0.39 is 0 Å². The van der Waals surface area contributed by atoms with Crippen LogP contribution >= 0.6 is 0 Å². The van der Waals surface area contributed by atoms with Gasteiger partial charge in [0.1, 0.15) is 6.61 Å². The first-order valence-corrected chi connectivity index (χ1v) is 9.17. The zero-order valence-corrected chi connectivity index (χ0v) is 15.9. The molecule has 0 heterocycles. The van der Waals surface area contributed by atoms with Gasteiger partial charge in [-0.25, -0.2) is 0 Å². The van der Waals surface area contributed by atoms with Gasteiger partial charge in [0.2, 0.25) is 0 Å². The van der Waals surface area contributed by atoms with Crippen molar-refractivity contribution in [3.63, 3.8) is 0 Å². The van der Waals surface area contributed by atoms with Gasteiger partial charge in [-0.2, -0.15) is 0 Å². The summed E-state index contributed by atoms with van der Waals surface area (Å²) in [4.78, 5) is 0. The van der Waals surface area contributed by atoms with Gasteiger partial charge in [0.25, 0.3) is 0 Å². The van der Waals surface area contributed by atoms with Crippen molar-refractivity contribution in [2.24, 2.45) is 0 Å². The third-order valence-electron chi connectivity index (χ3n) is 4.06. The van der Waals surface area contributed by atoms with E-state index in [0.29, 0.717) is 13.2 Å². The molecule has 0 amide bonds. The van der Waals surface area contributed by atoms with Crippen LogP contribution in [0.2, 0.25) is 0 Å². The minimum absolute atomic E-state index is 0.450. The van der Waals surface area contributed by atoms with Crippen LogP contribution in [0.5, 0.6) is 11.5 Å². The summed E-state index contributed by atoms with van der Waals surface area (Å²) in [5, 5.41) is 3.48. The second-order valence-corrected chi connectivity index (χ2v) is 6.01. The van der Waals surface area contributed by atoms with Gasteiger partial charge in [-0.05, 0) is 55.2 Å². The Labute approximate surface area is 157 Å². The first kappa shape index (κ1) is 19.6. The number of nitrogens with one attached hydrogen (secondary N) is 1. The molecule has 0 aliphatic rings. The van der Waals surface area contributed by atoms with Gasteiger partial charge in [-0.15, -0.1) is 6.58 Å². The summed E-state index contributed by atoms with van der Waals surface area (Å²) in [5.74, 6) is 1.55. The zero-order valence-electron chi connectivity index (χ0n) is 15.9. The van der Waals surface area contributed by atoms with Crippen molar-refractivity contribution in [1.29, 1.82) is 0 Å². The van der Waals surface area contributed by atoms with E-state index in [4.69, 9.17) is 9.47 Å². The van der Waals surface area contributed by atoms with Crippen LogP contribution in [0.1, 0.15) is 30.5 Å². The average Bonchev–Trinajstić information content (AvgIpc) is 2.66. The molecular formula is C23H29NO2. The van der Waals surface area contributed by atoms with Crippen LogP contribution in [0, 0.1) is 0 Å². The molecule has 0 radical (unpaired) electrons. The average molecular weight is 351 g/mol. The number of rotatable bonds is 11. The molecule has 0 aliphatic carbocycles. The maximum atomic E-state index is 5.85. The van der Waals surface area contributed by atoms with Crippen LogP contribution in [0.15, 0.2) is 61.7 Å². The first-order valence-electron chi connectivity index (χ1n) is 9.17. The van der Waals surface area contributed by atoms with Crippen molar-refractivity contribution < 1.29 is 9.47 Å². The van der Waals surface area contributed by atoms with Crippen molar-refractivity contribution in [2.45, 2.75) is 33.2 Å². The van der Waals surface area contributed by atoms with E-state index in [-0.39, 0.29) is 0 Å². The summed E-state index contributed by atoms with van der Waals surface area (Å²) >= 11 is 0. The van der Waals surface area contributed by atoms with Gasteiger partial charge in [-0.1, -0.05) is 37.8 Å². The predicted molar refractivity (Wildman–Crippen MR) is 110 cm³/mol. The fraction of sp³-hybridized carbons (Fsp3) is 0.304. The number of ether oxygens (including phenoxy) is 2. The summed E-state index contributed by atoms with van der Waals surface area (Å²) in [7, 11) is 0. The molecule has 0 bridgehead atoms. The SMILES string of the molecule is C=CCOc1c(CC=C)cc(CNc2ccc(CC)cc2)cc1OCC. The van der Waals surface area contributed by atoms with E-state index in [1.165, 1.54) is 5.56 Å². The van der Waals surface area contributed by atoms with Crippen LogP contribution in [0.25, 0.3) is 0 Å². The lowest BCUT2D eigenvalue weighted by molar-refractivity contribution is 0.294. The Hall–Kier alpha value is -2.68. The lowest BCUT2D eigenvalue weighted by Crippen LogP contribution is -2.06. The van der Waals surface area contributed by atoms with E-state index in [2.05, 4.69) is 55.7 Å². The topological polar surface area (TPSA) is 30.5 Å². The quantitative estimate of drug-likeness (QED) is 0.538.